The topological polar surface area (TPSA) is 52.7 Å². The lowest BCUT2D eigenvalue weighted by Crippen LogP contribution is -2.48. The maximum Gasteiger partial charge on any atom is 0.244 e. The molecule has 2 fully saturated rings. The molecule has 1 aromatic rings. The maximum absolute atomic E-state index is 13.0. The van der Waals surface area contributed by atoms with Gasteiger partial charge in [0.25, 0.3) is 0 Å². The van der Waals surface area contributed by atoms with E-state index in [9.17, 15) is 9.59 Å². The minimum atomic E-state index is -0.0410. The number of benzene rings is 1. The fourth-order valence-electron chi connectivity index (χ4n) is 4.45. The van der Waals surface area contributed by atoms with Crippen LogP contribution in [0.5, 0.6) is 0 Å². The second-order valence-corrected chi connectivity index (χ2v) is 7.48. The highest BCUT2D eigenvalue weighted by Crippen LogP contribution is 2.38. The van der Waals surface area contributed by atoms with Gasteiger partial charge < -0.3 is 15.1 Å². The lowest BCUT2D eigenvalue weighted by atomic mass is 9.98. The van der Waals surface area contributed by atoms with Gasteiger partial charge in [-0.1, -0.05) is 24.6 Å². The molecule has 2 atom stereocenters. The Labute approximate surface area is 149 Å². The van der Waals surface area contributed by atoms with E-state index in [2.05, 4.69) is 23.5 Å². The summed E-state index contributed by atoms with van der Waals surface area (Å²) in [5.41, 5.74) is 2.33. The van der Waals surface area contributed by atoms with Gasteiger partial charge in [0.2, 0.25) is 11.8 Å². The number of carbonyl (C=O) groups is 2. The fourth-order valence-corrected chi connectivity index (χ4v) is 4.45. The predicted molar refractivity (Wildman–Crippen MR) is 97.6 cm³/mol. The van der Waals surface area contributed by atoms with Crippen molar-refractivity contribution in [3.8, 4) is 0 Å². The van der Waals surface area contributed by atoms with E-state index in [1.165, 1.54) is 5.56 Å². The van der Waals surface area contributed by atoms with Crippen LogP contribution in [0.3, 0.4) is 0 Å². The minimum Gasteiger partial charge on any atom is -0.343 e. The number of likely N-dealkylation sites (tertiary alicyclic amines) is 1. The van der Waals surface area contributed by atoms with Crippen LogP contribution in [-0.4, -0.2) is 48.9 Å². The van der Waals surface area contributed by atoms with Gasteiger partial charge in [0.05, 0.1) is 6.04 Å². The van der Waals surface area contributed by atoms with Gasteiger partial charge in [-0.05, 0) is 43.9 Å². The van der Waals surface area contributed by atoms with Crippen LogP contribution in [0.25, 0.3) is 0 Å². The fraction of sp³-hybridized carbons (Fsp3) is 0.600. The molecule has 134 valence electrons. The van der Waals surface area contributed by atoms with Crippen molar-refractivity contribution in [1.82, 2.24) is 10.2 Å². The Morgan fingerprint density at radius 1 is 1.20 bits per heavy atom. The molecule has 3 aliphatic rings. The molecular weight excluding hydrogens is 314 g/mol. The van der Waals surface area contributed by atoms with Crippen LogP contribution in [0.1, 0.15) is 50.0 Å². The maximum atomic E-state index is 13.0. The van der Waals surface area contributed by atoms with E-state index >= 15 is 0 Å². The largest absolute Gasteiger partial charge is 0.343 e. The van der Waals surface area contributed by atoms with Crippen LogP contribution >= 0.6 is 0 Å². The number of amides is 2. The summed E-state index contributed by atoms with van der Waals surface area (Å²) in [7, 11) is 0. The molecule has 2 unspecified atom stereocenters. The third-order valence-corrected chi connectivity index (χ3v) is 5.86. The van der Waals surface area contributed by atoms with Gasteiger partial charge in [-0.25, -0.2) is 0 Å². The van der Waals surface area contributed by atoms with Crippen molar-refractivity contribution < 1.29 is 9.59 Å². The molecule has 3 aliphatic heterocycles. The SMILES string of the molecule is O=C1CCCN1CCC1CN(C(=O)C2CCCCN2)c2ccccc21. The van der Waals surface area contributed by atoms with Crippen LogP contribution < -0.4 is 10.2 Å². The molecule has 0 saturated carbocycles. The Morgan fingerprint density at radius 2 is 2.08 bits per heavy atom. The van der Waals surface area contributed by atoms with E-state index in [-0.39, 0.29) is 17.9 Å². The number of fused-ring (bicyclic) bond motifs is 1. The molecule has 4 rings (SSSR count). The predicted octanol–water partition coefficient (Wildman–Crippen LogP) is 2.27. The highest BCUT2D eigenvalue weighted by Gasteiger charge is 2.36. The summed E-state index contributed by atoms with van der Waals surface area (Å²) < 4.78 is 0. The first kappa shape index (κ1) is 16.6. The molecule has 2 saturated heterocycles. The van der Waals surface area contributed by atoms with Gasteiger partial charge in [0, 0.05) is 37.7 Å². The number of anilines is 1. The van der Waals surface area contributed by atoms with E-state index in [0.717, 1.165) is 64.0 Å². The van der Waals surface area contributed by atoms with Crippen LogP contribution in [-0.2, 0) is 9.59 Å². The smallest absolute Gasteiger partial charge is 0.244 e. The van der Waals surface area contributed by atoms with E-state index < -0.39 is 0 Å². The van der Waals surface area contributed by atoms with Crippen molar-refractivity contribution in [2.24, 2.45) is 0 Å². The number of carbonyl (C=O) groups excluding carboxylic acids is 2. The quantitative estimate of drug-likeness (QED) is 0.914. The second-order valence-electron chi connectivity index (χ2n) is 7.48. The molecule has 2 amide bonds. The van der Waals surface area contributed by atoms with E-state index in [4.69, 9.17) is 0 Å². The molecular formula is C20H27N3O2. The van der Waals surface area contributed by atoms with E-state index in [0.29, 0.717) is 12.3 Å². The average Bonchev–Trinajstić information content (AvgIpc) is 3.23. The van der Waals surface area contributed by atoms with E-state index in [1.807, 2.05) is 15.9 Å². The molecule has 1 N–H and O–H groups in total. The Hall–Kier alpha value is -1.88. The van der Waals surface area contributed by atoms with Gasteiger partial charge in [-0.2, -0.15) is 0 Å². The van der Waals surface area contributed by atoms with Crippen molar-refractivity contribution >= 4 is 17.5 Å². The zero-order chi connectivity index (χ0) is 17.2. The minimum absolute atomic E-state index is 0.0410. The van der Waals surface area contributed by atoms with Crippen molar-refractivity contribution in [2.45, 2.75) is 50.5 Å². The van der Waals surface area contributed by atoms with Gasteiger partial charge in [0.1, 0.15) is 0 Å². The van der Waals surface area contributed by atoms with Gasteiger partial charge in [-0.15, -0.1) is 0 Å². The summed E-state index contributed by atoms with van der Waals surface area (Å²) in [6.07, 6.45) is 5.83. The molecule has 0 bridgehead atoms. The third kappa shape index (κ3) is 3.30. The summed E-state index contributed by atoms with van der Waals surface area (Å²) in [5, 5.41) is 3.38. The van der Waals surface area contributed by atoms with Gasteiger partial charge >= 0.3 is 0 Å². The average molecular weight is 341 g/mol. The monoisotopic (exact) mass is 341 g/mol. The highest BCUT2D eigenvalue weighted by molar-refractivity contribution is 5.99. The van der Waals surface area contributed by atoms with Crippen molar-refractivity contribution in [1.29, 1.82) is 0 Å². The van der Waals surface area contributed by atoms with Crippen LogP contribution in [0, 0.1) is 0 Å². The number of piperidine rings is 1. The van der Waals surface area contributed by atoms with Crippen molar-refractivity contribution in [3.63, 3.8) is 0 Å². The summed E-state index contributed by atoms with van der Waals surface area (Å²) >= 11 is 0. The van der Waals surface area contributed by atoms with Crippen LogP contribution in [0.15, 0.2) is 24.3 Å². The number of rotatable bonds is 4. The third-order valence-electron chi connectivity index (χ3n) is 5.86. The summed E-state index contributed by atoms with van der Waals surface area (Å²) in [5.74, 6) is 0.828. The molecule has 0 aromatic heterocycles. The number of hydrogen-bond acceptors (Lipinski definition) is 3. The molecule has 1 aromatic carbocycles. The first-order valence-corrected chi connectivity index (χ1v) is 9.65. The Balaban J connectivity index is 1.47. The summed E-state index contributed by atoms with van der Waals surface area (Å²) in [6, 6.07) is 8.24. The molecule has 5 heteroatoms. The molecule has 0 aliphatic carbocycles. The Kier molecular flexibility index (Phi) is 4.75. The summed E-state index contributed by atoms with van der Waals surface area (Å²) in [4.78, 5) is 28.8. The number of nitrogens with zero attached hydrogens (tertiary/aromatic N) is 2. The van der Waals surface area contributed by atoms with Crippen molar-refractivity contribution in [2.75, 3.05) is 31.1 Å². The zero-order valence-corrected chi connectivity index (χ0v) is 14.7. The lowest BCUT2D eigenvalue weighted by Gasteiger charge is -2.28. The van der Waals surface area contributed by atoms with E-state index in [1.54, 1.807) is 0 Å². The van der Waals surface area contributed by atoms with Crippen LogP contribution in [0.4, 0.5) is 5.69 Å². The number of hydrogen-bond donors (Lipinski definition) is 1. The first-order chi connectivity index (χ1) is 12.2. The molecule has 25 heavy (non-hydrogen) atoms. The summed E-state index contributed by atoms with van der Waals surface area (Å²) in [6.45, 7) is 3.38. The van der Waals surface area contributed by atoms with Crippen molar-refractivity contribution in [3.05, 3.63) is 29.8 Å². The van der Waals surface area contributed by atoms with Crippen LogP contribution in [0.2, 0.25) is 0 Å². The Morgan fingerprint density at radius 3 is 2.84 bits per heavy atom. The number of para-hydroxylation sites is 1. The molecule has 0 spiro atoms. The first-order valence-electron chi connectivity index (χ1n) is 9.65. The lowest BCUT2D eigenvalue weighted by molar-refractivity contribution is -0.127. The zero-order valence-electron chi connectivity index (χ0n) is 14.7. The number of nitrogens with one attached hydrogen (secondary N) is 1. The highest BCUT2D eigenvalue weighted by atomic mass is 16.2. The normalized spacial score (nSPS) is 26.2. The molecule has 0 radical (unpaired) electrons. The standard InChI is InChI=1S/C20H27N3O2/c24-19-9-5-12-22(19)13-10-15-14-23(18-8-2-1-6-16(15)18)20(25)17-7-3-4-11-21-17/h1-2,6,8,15,17,21H,3-5,7,9-14H2. The van der Waals surface area contributed by atoms with Gasteiger partial charge in [0.15, 0.2) is 0 Å². The molecule has 5 nitrogen and oxygen atoms in total. The van der Waals surface area contributed by atoms with Gasteiger partial charge in [-0.3, -0.25) is 9.59 Å². The Bertz CT molecular complexity index is 654. The molecule has 3 heterocycles. The second kappa shape index (κ2) is 7.16.